The van der Waals surface area contributed by atoms with Gasteiger partial charge in [0, 0.05) is 0 Å². The second kappa shape index (κ2) is 6.25. The maximum absolute atomic E-state index is 8.48. The summed E-state index contributed by atoms with van der Waals surface area (Å²) < 4.78 is 5.13. The van der Waals surface area contributed by atoms with E-state index in [1.165, 1.54) is 0 Å². The Labute approximate surface area is 93.4 Å². The van der Waals surface area contributed by atoms with Gasteiger partial charge in [0.2, 0.25) is 0 Å². The lowest BCUT2D eigenvalue weighted by Gasteiger charge is -2.03. The highest BCUT2D eigenvalue weighted by molar-refractivity contribution is 6.42. The number of hydrogen-bond acceptors (Lipinski definition) is 2. The Morgan fingerprint density at radius 3 is 2.57 bits per heavy atom. The molecular formula is C10H12Cl2O2. The van der Waals surface area contributed by atoms with E-state index in [0.717, 1.165) is 12.0 Å². The van der Waals surface area contributed by atoms with E-state index in [1.807, 2.05) is 12.1 Å². The Morgan fingerprint density at radius 2 is 1.93 bits per heavy atom. The third kappa shape index (κ3) is 3.84. The molecule has 0 radical (unpaired) electrons. The summed E-state index contributed by atoms with van der Waals surface area (Å²) in [4.78, 5) is 0. The number of rotatable bonds is 5. The molecule has 0 aromatic heterocycles. The minimum atomic E-state index is 0.0569. The van der Waals surface area contributed by atoms with Crippen LogP contribution >= 0.6 is 23.2 Å². The summed E-state index contributed by atoms with van der Waals surface area (Å²) in [6.45, 7) is 1.02. The Bertz CT molecular complexity index is 289. The molecule has 0 aliphatic heterocycles. The van der Waals surface area contributed by atoms with Gasteiger partial charge in [-0.1, -0.05) is 29.3 Å². The number of ether oxygens (including phenoxy) is 1. The van der Waals surface area contributed by atoms with E-state index >= 15 is 0 Å². The summed E-state index contributed by atoms with van der Waals surface area (Å²) in [5, 5.41) is 9.60. The van der Waals surface area contributed by atoms with Crippen LogP contribution in [0, 0.1) is 0 Å². The summed E-state index contributed by atoms with van der Waals surface area (Å²) in [6.07, 6.45) is 0.775. The van der Waals surface area contributed by atoms with E-state index in [9.17, 15) is 0 Å². The van der Waals surface area contributed by atoms with Crippen molar-refractivity contribution < 1.29 is 9.84 Å². The molecule has 0 amide bonds. The van der Waals surface area contributed by atoms with Gasteiger partial charge < -0.3 is 9.84 Å². The topological polar surface area (TPSA) is 29.5 Å². The molecule has 2 nitrogen and oxygen atoms in total. The van der Waals surface area contributed by atoms with E-state index in [1.54, 1.807) is 6.07 Å². The van der Waals surface area contributed by atoms with Crippen molar-refractivity contribution in [2.24, 2.45) is 0 Å². The van der Waals surface area contributed by atoms with Crippen molar-refractivity contribution in [3.05, 3.63) is 33.8 Å². The van der Waals surface area contributed by atoms with Crippen LogP contribution in [0.15, 0.2) is 18.2 Å². The highest BCUT2D eigenvalue weighted by Crippen LogP contribution is 2.22. The molecule has 0 saturated carbocycles. The summed E-state index contributed by atoms with van der Waals surface area (Å²) >= 11 is 11.6. The normalized spacial score (nSPS) is 10.5. The Hall–Kier alpha value is -0.280. The number of aliphatic hydroxyl groups is 1. The van der Waals surface area contributed by atoms with Crippen molar-refractivity contribution >= 4 is 23.2 Å². The molecule has 0 bridgehead atoms. The number of benzene rings is 1. The van der Waals surface area contributed by atoms with Gasteiger partial charge in [-0.15, -0.1) is 0 Å². The highest BCUT2D eigenvalue weighted by atomic mass is 35.5. The average molecular weight is 235 g/mol. The number of halogens is 2. The standard InChI is InChI=1S/C10H12Cl2O2/c11-9-2-1-8(7-10(9)12)3-5-14-6-4-13/h1-2,7,13H,3-6H2. The minimum absolute atomic E-state index is 0.0569. The summed E-state index contributed by atoms with van der Waals surface area (Å²) in [7, 11) is 0. The maximum atomic E-state index is 8.48. The van der Waals surface area contributed by atoms with Crippen molar-refractivity contribution in [1.29, 1.82) is 0 Å². The molecule has 1 rings (SSSR count). The fourth-order valence-corrected chi connectivity index (χ4v) is 1.37. The molecule has 0 fully saturated rings. The van der Waals surface area contributed by atoms with Gasteiger partial charge >= 0.3 is 0 Å². The van der Waals surface area contributed by atoms with Gasteiger partial charge in [0.1, 0.15) is 0 Å². The molecule has 0 aliphatic carbocycles. The van der Waals surface area contributed by atoms with Crippen LogP contribution in [-0.4, -0.2) is 24.9 Å². The molecule has 1 aromatic carbocycles. The Morgan fingerprint density at radius 1 is 1.14 bits per heavy atom. The molecule has 0 atom stereocenters. The second-order valence-electron chi connectivity index (χ2n) is 2.83. The lowest BCUT2D eigenvalue weighted by Crippen LogP contribution is -2.03. The fourth-order valence-electron chi connectivity index (χ4n) is 1.05. The first kappa shape index (κ1) is 11.8. The molecule has 0 spiro atoms. The third-order valence-electron chi connectivity index (χ3n) is 1.75. The molecule has 0 saturated heterocycles. The molecule has 14 heavy (non-hydrogen) atoms. The molecule has 0 aliphatic rings. The molecular weight excluding hydrogens is 223 g/mol. The molecule has 1 aromatic rings. The SMILES string of the molecule is OCCOCCc1ccc(Cl)c(Cl)c1. The van der Waals surface area contributed by atoms with E-state index in [-0.39, 0.29) is 6.61 Å². The van der Waals surface area contributed by atoms with Crippen LogP contribution in [0.25, 0.3) is 0 Å². The van der Waals surface area contributed by atoms with Gasteiger partial charge in [-0.2, -0.15) is 0 Å². The number of hydrogen-bond donors (Lipinski definition) is 1. The van der Waals surface area contributed by atoms with Gasteiger partial charge in [0.05, 0.1) is 29.9 Å². The van der Waals surface area contributed by atoms with Gasteiger partial charge in [0.15, 0.2) is 0 Å². The van der Waals surface area contributed by atoms with Gasteiger partial charge in [-0.3, -0.25) is 0 Å². The lowest BCUT2D eigenvalue weighted by molar-refractivity contribution is 0.0944. The smallest absolute Gasteiger partial charge is 0.0697 e. The van der Waals surface area contributed by atoms with Crippen LogP contribution in [0.3, 0.4) is 0 Å². The largest absolute Gasteiger partial charge is 0.394 e. The van der Waals surface area contributed by atoms with E-state index in [0.29, 0.717) is 23.3 Å². The fraction of sp³-hybridized carbons (Fsp3) is 0.400. The average Bonchev–Trinajstić information content (AvgIpc) is 2.18. The zero-order valence-electron chi connectivity index (χ0n) is 7.67. The first-order chi connectivity index (χ1) is 6.74. The van der Waals surface area contributed by atoms with Crippen molar-refractivity contribution in [1.82, 2.24) is 0 Å². The summed E-state index contributed by atoms with van der Waals surface area (Å²) in [5.74, 6) is 0. The second-order valence-corrected chi connectivity index (χ2v) is 3.65. The first-order valence-corrected chi connectivity index (χ1v) is 5.12. The van der Waals surface area contributed by atoms with E-state index in [4.69, 9.17) is 33.0 Å². The summed E-state index contributed by atoms with van der Waals surface area (Å²) in [6, 6.07) is 5.51. The van der Waals surface area contributed by atoms with E-state index < -0.39 is 0 Å². The van der Waals surface area contributed by atoms with Crippen molar-refractivity contribution in [3.63, 3.8) is 0 Å². The van der Waals surface area contributed by atoms with Crippen molar-refractivity contribution in [2.75, 3.05) is 19.8 Å². The van der Waals surface area contributed by atoms with Crippen LogP contribution in [-0.2, 0) is 11.2 Å². The molecule has 4 heteroatoms. The van der Waals surface area contributed by atoms with Gasteiger partial charge in [0.25, 0.3) is 0 Å². The zero-order chi connectivity index (χ0) is 10.4. The quantitative estimate of drug-likeness (QED) is 0.794. The van der Waals surface area contributed by atoms with E-state index in [2.05, 4.69) is 0 Å². The predicted octanol–water partition coefficient (Wildman–Crippen LogP) is 2.54. The first-order valence-electron chi connectivity index (χ1n) is 4.36. The van der Waals surface area contributed by atoms with Crippen LogP contribution < -0.4 is 0 Å². The van der Waals surface area contributed by atoms with Gasteiger partial charge in [-0.25, -0.2) is 0 Å². The summed E-state index contributed by atoms with van der Waals surface area (Å²) in [5.41, 5.74) is 1.08. The van der Waals surface area contributed by atoms with Crippen molar-refractivity contribution in [2.45, 2.75) is 6.42 Å². The van der Waals surface area contributed by atoms with Crippen LogP contribution in [0.2, 0.25) is 10.0 Å². The van der Waals surface area contributed by atoms with Crippen LogP contribution in [0.1, 0.15) is 5.56 Å². The highest BCUT2D eigenvalue weighted by Gasteiger charge is 1.99. The third-order valence-corrected chi connectivity index (χ3v) is 2.49. The molecule has 1 N–H and O–H groups in total. The zero-order valence-corrected chi connectivity index (χ0v) is 9.18. The molecule has 78 valence electrons. The monoisotopic (exact) mass is 234 g/mol. The van der Waals surface area contributed by atoms with Crippen LogP contribution in [0.4, 0.5) is 0 Å². The number of aliphatic hydroxyl groups excluding tert-OH is 1. The van der Waals surface area contributed by atoms with Gasteiger partial charge in [-0.05, 0) is 24.1 Å². The Balaban J connectivity index is 2.39. The van der Waals surface area contributed by atoms with Crippen LogP contribution in [0.5, 0.6) is 0 Å². The Kier molecular flexibility index (Phi) is 5.26. The maximum Gasteiger partial charge on any atom is 0.0697 e. The minimum Gasteiger partial charge on any atom is -0.394 e. The molecule has 0 unspecified atom stereocenters. The molecule has 0 heterocycles. The predicted molar refractivity (Wildman–Crippen MR) is 58.1 cm³/mol. The lowest BCUT2D eigenvalue weighted by atomic mass is 10.2. The van der Waals surface area contributed by atoms with Crippen molar-refractivity contribution in [3.8, 4) is 0 Å².